The minimum atomic E-state index is -0.779. The third-order valence-corrected chi connectivity index (χ3v) is 5.11. The molecule has 1 atom stereocenters. The molecule has 1 unspecified atom stereocenters. The summed E-state index contributed by atoms with van der Waals surface area (Å²) >= 11 is 0. The number of ether oxygens (including phenoxy) is 1. The minimum absolute atomic E-state index is 0.158. The van der Waals surface area contributed by atoms with Crippen LogP contribution in [-0.2, 0) is 9.53 Å². The predicted octanol–water partition coefficient (Wildman–Crippen LogP) is 2.06. The van der Waals surface area contributed by atoms with Crippen LogP contribution in [0, 0.1) is 5.92 Å². The average molecular weight is 390 g/mol. The molecule has 2 amide bonds. The quantitative estimate of drug-likeness (QED) is 0.734. The van der Waals surface area contributed by atoms with Crippen molar-refractivity contribution in [1.29, 1.82) is 0 Å². The third kappa shape index (κ3) is 4.49. The zero-order valence-electron chi connectivity index (χ0n) is 17.0. The van der Waals surface area contributed by atoms with E-state index in [2.05, 4.69) is 10.3 Å². The van der Waals surface area contributed by atoms with Gasteiger partial charge < -0.3 is 29.9 Å². The van der Waals surface area contributed by atoms with Gasteiger partial charge in [0.1, 0.15) is 5.60 Å². The van der Waals surface area contributed by atoms with Crippen LogP contribution in [0.25, 0.3) is 5.57 Å². The van der Waals surface area contributed by atoms with E-state index in [1.807, 2.05) is 20.8 Å². The Morgan fingerprint density at radius 2 is 2.00 bits per heavy atom. The first-order chi connectivity index (χ1) is 13.2. The van der Waals surface area contributed by atoms with Crippen molar-refractivity contribution in [3.8, 4) is 0 Å². The summed E-state index contributed by atoms with van der Waals surface area (Å²) in [5, 5.41) is 13.2. The molecule has 1 aromatic heterocycles. The van der Waals surface area contributed by atoms with Gasteiger partial charge in [-0.3, -0.25) is 4.79 Å². The maximum atomic E-state index is 12.7. The lowest BCUT2D eigenvalue weighted by Crippen LogP contribution is -2.43. The van der Waals surface area contributed by atoms with Crippen molar-refractivity contribution >= 4 is 17.6 Å². The number of aliphatic hydroxyl groups is 1. The summed E-state index contributed by atoms with van der Waals surface area (Å²) in [5.74, 6) is 0.162. The number of likely N-dealkylation sites (tertiary alicyclic amines) is 1. The molecule has 8 heteroatoms. The number of carbonyl (C=O) groups excluding carboxylic acids is 2. The third-order valence-electron chi connectivity index (χ3n) is 5.11. The van der Waals surface area contributed by atoms with Crippen LogP contribution in [0.1, 0.15) is 51.1 Å². The molecule has 2 aliphatic rings. The van der Waals surface area contributed by atoms with Crippen LogP contribution in [0.15, 0.2) is 18.5 Å². The Balaban J connectivity index is 1.50. The Morgan fingerprint density at radius 1 is 1.32 bits per heavy atom. The maximum Gasteiger partial charge on any atom is 0.410 e. The summed E-state index contributed by atoms with van der Waals surface area (Å²) in [6.45, 7) is 7.41. The SMILES string of the molecule is CN1C=C(C(=O)NCC2CCN(C(=O)OC(C)(C)C)CC2)c2cc[nH]c2C1O. The fraction of sp³-hybridized carbons (Fsp3) is 0.600. The standard InChI is InChI=1S/C20H30N4O4/c1-20(2,3)28-19(27)24-9-6-13(7-10-24)11-22-17(25)15-12-23(4)18(26)16-14(15)5-8-21-16/h5,8,12-13,18,21,26H,6-7,9-11H2,1-4H3,(H,22,25). The molecule has 0 radical (unpaired) electrons. The van der Waals surface area contributed by atoms with Gasteiger partial charge in [-0.15, -0.1) is 0 Å². The number of fused-ring (bicyclic) bond motifs is 1. The van der Waals surface area contributed by atoms with E-state index in [0.29, 0.717) is 36.8 Å². The largest absolute Gasteiger partial charge is 0.444 e. The van der Waals surface area contributed by atoms with Gasteiger partial charge in [0, 0.05) is 44.6 Å². The molecule has 0 spiro atoms. The second-order valence-corrected chi connectivity index (χ2v) is 8.51. The number of hydrogen-bond donors (Lipinski definition) is 3. The van der Waals surface area contributed by atoms with Crippen LogP contribution in [0.3, 0.4) is 0 Å². The van der Waals surface area contributed by atoms with Crippen molar-refractivity contribution in [2.45, 2.75) is 45.4 Å². The van der Waals surface area contributed by atoms with E-state index in [9.17, 15) is 14.7 Å². The molecule has 0 saturated carbocycles. The lowest BCUT2D eigenvalue weighted by atomic mass is 9.96. The van der Waals surface area contributed by atoms with E-state index in [1.54, 1.807) is 35.3 Å². The summed E-state index contributed by atoms with van der Waals surface area (Å²) in [6.07, 6.45) is 3.99. The number of aromatic amines is 1. The fourth-order valence-corrected chi connectivity index (χ4v) is 3.54. The highest BCUT2D eigenvalue weighted by atomic mass is 16.6. The Morgan fingerprint density at radius 3 is 2.64 bits per heavy atom. The summed E-state index contributed by atoms with van der Waals surface area (Å²) < 4.78 is 5.42. The number of piperidine rings is 1. The summed E-state index contributed by atoms with van der Waals surface area (Å²) in [5.41, 5.74) is 1.40. The molecule has 0 aromatic carbocycles. The molecule has 1 saturated heterocycles. The number of aromatic nitrogens is 1. The van der Waals surface area contributed by atoms with E-state index in [1.165, 1.54) is 0 Å². The minimum Gasteiger partial charge on any atom is -0.444 e. The number of aliphatic hydroxyl groups excluding tert-OH is 1. The zero-order valence-corrected chi connectivity index (χ0v) is 17.0. The number of nitrogens with one attached hydrogen (secondary N) is 2. The van der Waals surface area contributed by atoms with Crippen molar-refractivity contribution in [3.05, 3.63) is 29.7 Å². The summed E-state index contributed by atoms with van der Waals surface area (Å²) in [4.78, 5) is 31.2. The van der Waals surface area contributed by atoms with E-state index >= 15 is 0 Å². The van der Waals surface area contributed by atoms with Gasteiger partial charge in [0.05, 0.1) is 11.3 Å². The van der Waals surface area contributed by atoms with E-state index < -0.39 is 11.8 Å². The molecule has 154 valence electrons. The molecule has 1 fully saturated rings. The normalized spacial score (nSPS) is 20.5. The topological polar surface area (TPSA) is 97.9 Å². The van der Waals surface area contributed by atoms with Gasteiger partial charge in [-0.05, 0) is 45.6 Å². The van der Waals surface area contributed by atoms with Crippen molar-refractivity contribution in [1.82, 2.24) is 20.1 Å². The smallest absolute Gasteiger partial charge is 0.410 e. The Kier molecular flexibility index (Phi) is 5.69. The lowest BCUT2D eigenvalue weighted by Gasteiger charge is -2.33. The van der Waals surface area contributed by atoms with Crippen LogP contribution in [0.5, 0.6) is 0 Å². The van der Waals surface area contributed by atoms with Crippen LogP contribution in [0.2, 0.25) is 0 Å². The molecular formula is C20H30N4O4. The molecule has 1 aromatic rings. The Hall–Kier alpha value is -2.48. The van der Waals surface area contributed by atoms with Crippen LogP contribution in [0.4, 0.5) is 4.79 Å². The summed E-state index contributed by atoms with van der Waals surface area (Å²) in [7, 11) is 1.73. The second-order valence-electron chi connectivity index (χ2n) is 8.51. The second kappa shape index (κ2) is 7.87. The van der Waals surface area contributed by atoms with Gasteiger partial charge in [-0.2, -0.15) is 0 Å². The first-order valence-electron chi connectivity index (χ1n) is 9.71. The molecule has 8 nitrogen and oxygen atoms in total. The number of nitrogens with zero attached hydrogens (tertiary/aromatic N) is 2. The molecule has 0 aliphatic carbocycles. The number of amides is 2. The average Bonchev–Trinajstić information content (AvgIpc) is 3.11. The van der Waals surface area contributed by atoms with Gasteiger partial charge in [0.2, 0.25) is 0 Å². The highest BCUT2D eigenvalue weighted by molar-refractivity contribution is 6.20. The van der Waals surface area contributed by atoms with E-state index in [0.717, 1.165) is 18.4 Å². The Labute approximate surface area is 165 Å². The summed E-state index contributed by atoms with van der Waals surface area (Å²) in [6, 6.07) is 1.80. The van der Waals surface area contributed by atoms with Gasteiger partial charge in [0.15, 0.2) is 6.23 Å². The monoisotopic (exact) mass is 390 g/mol. The van der Waals surface area contributed by atoms with Crippen LogP contribution < -0.4 is 5.32 Å². The highest BCUT2D eigenvalue weighted by Gasteiger charge is 2.30. The molecule has 28 heavy (non-hydrogen) atoms. The first-order valence-corrected chi connectivity index (χ1v) is 9.71. The van der Waals surface area contributed by atoms with Gasteiger partial charge in [0.25, 0.3) is 5.91 Å². The number of rotatable bonds is 3. The van der Waals surface area contributed by atoms with Gasteiger partial charge >= 0.3 is 6.09 Å². The molecular weight excluding hydrogens is 360 g/mol. The number of hydrogen-bond acceptors (Lipinski definition) is 5. The van der Waals surface area contributed by atoms with Crippen LogP contribution in [-0.4, -0.2) is 64.2 Å². The van der Waals surface area contributed by atoms with Crippen molar-refractivity contribution < 1.29 is 19.4 Å². The fourth-order valence-electron chi connectivity index (χ4n) is 3.54. The van der Waals surface area contributed by atoms with E-state index in [4.69, 9.17) is 4.74 Å². The molecule has 3 heterocycles. The van der Waals surface area contributed by atoms with E-state index in [-0.39, 0.29) is 12.0 Å². The number of H-pyrrole nitrogens is 1. The van der Waals surface area contributed by atoms with Crippen molar-refractivity contribution in [3.63, 3.8) is 0 Å². The predicted molar refractivity (Wildman–Crippen MR) is 105 cm³/mol. The van der Waals surface area contributed by atoms with Crippen molar-refractivity contribution in [2.24, 2.45) is 5.92 Å². The van der Waals surface area contributed by atoms with Gasteiger partial charge in [-0.25, -0.2) is 4.79 Å². The Bertz CT molecular complexity index is 757. The van der Waals surface area contributed by atoms with Crippen LogP contribution >= 0.6 is 0 Å². The highest BCUT2D eigenvalue weighted by Crippen LogP contribution is 2.31. The molecule has 3 rings (SSSR count). The van der Waals surface area contributed by atoms with Crippen molar-refractivity contribution in [2.75, 3.05) is 26.7 Å². The zero-order chi connectivity index (χ0) is 20.5. The molecule has 0 bridgehead atoms. The van der Waals surface area contributed by atoms with Gasteiger partial charge in [-0.1, -0.05) is 0 Å². The first kappa shape index (κ1) is 20.3. The molecule has 3 N–H and O–H groups in total. The maximum absolute atomic E-state index is 12.7. The molecule has 2 aliphatic heterocycles. The lowest BCUT2D eigenvalue weighted by molar-refractivity contribution is -0.116. The number of carbonyl (C=O) groups is 2.